The number of imide groups is 1. The Morgan fingerprint density at radius 3 is 2.33 bits per heavy atom. The first kappa shape index (κ1) is 16.7. The molecule has 6 heteroatoms. The summed E-state index contributed by atoms with van der Waals surface area (Å²) in [6.07, 6.45) is 0. The van der Waals surface area contributed by atoms with Crippen LogP contribution in [0.1, 0.15) is 38.1 Å². The van der Waals surface area contributed by atoms with Crippen molar-refractivity contribution < 1.29 is 19.1 Å². The Hall–Kier alpha value is -2.37. The third-order valence-electron chi connectivity index (χ3n) is 2.37. The van der Waals surface area contributed by atoms with Crippen molar-refractivity contribution >= 4 is 17.7 Å². The highest BCUT2D eigenvalue weighted by Gasteiger charge is 2.16. The van der Waals surface area contributed by atoms with Gasteiger partial charge in [0.1, 0.15) is 5.75 Å². The maximum absolute atomic E-state index is 11.6. The lowest BCUT2D eigenvalue weighted by Gasteiger charge is -2.20. The van der Waals surface area contributed by atoms with Gasteiger partial charge in [-0.25, -0.2) is 4.79 Å². The molecule has 0 atom stereocenters. The van der Waals surface area contributed by atoms with Gasteiger partial charge in [0.05, 0.1) is 5.56 Å². The molecule has 0 fully saturated rings. The standard InChI is InChI=1S/C15H20N2O4/c1-10(18)11-7-5-6-8-12(11)21-9-13(19)16-14(20)17-15(2,3)4/h5-8H,9H2,1-4H3,(H2,16,17,19,20). The molecule has 0 heterocycles. The summed E-state index contributed by atoms with van der Waals surface area (Å²) < 4.78 is 5.28. The zero-order valence-electron chi connectivity index (χ0n) is 12.6. The Morgan fingerprint density at radius 1 is 1.14 bits per heavy atom. The van der Waals surface area contributed by atoms with E-state index in [2.05, 4.69) is 10.6 Å². The van der Waals surface area contributed by atoms with Crippen molar-refractivity contribution in [2.75, 3.05) is 6.61 Å². The SMILES string of the molecule is CC(=O)c1ccccc1OCC(=O)NC(=O)NC(C)(C)C. The lowest BCUT2D eigenvalue weighted by Crippen LogP contribution is -2.49. The van der Waals surface area contributed by atoms with Crippen LogP contribution < -0.4 is 15.4 Å². The number of carbonyl (C=O) groups is 3. The number of benzene rings is 1. The molecule has 2 N–H and O–H groups in total. The Morgan fingerprint density at radius 2 is 1.76 bits per heavy atom. The van der Waals surface area contributed by atoms with Gasteiger partial charge in [0, 0.05) is 5.54 Å². The normalized spacial score (nSPS) is 10.7. The molecule has 114 valence electrons. The number of ketones is 1. The first-order valence-corrected chi connectivity index (χ1v) is 6.54. The molecule has 1 rings (SSSR count). The van der Waals surface area contributed by atoms with Gasteiger partial charge in [0.25, 0.3) is 5.91 Å². The molecule has 1 aromatic rings. The van der Waals surface area contributed by atoms with Crippen LogP contribution in [0.3, 0.4) is 0 Å². The van der Waals surface area contributed by atoms with E-state index < -0.39 is 17.5 Å². The summed E-state index contributed by atoms with van der Waals surface area (Å²) >= 11 is 0. The number of carbonyl (C=O) groups excluding carboxylic acids is 3. The van der Waals surface area contributed by atoms with Crippen LogP contribution in [-0.2, 0) is 4.79 Å². The molecule has 0 saturated heterocycles. The third kappa shape index (κ3) is 6.07. The molecule has 0 bridgehead atoms. The second-order valence-electron chi connectivity index (χ2n) is 5.59. The molecule has 1 aromatic carbocycles. The molecule has 0 saturated carbocycles. The largest absolute Gasteiger partial charge is 0.483 e. The minimum atomic E-state index is -0.588. The molecule has 3 amide bonds. The van der Waals surface area contributed by atoms with Gasteiger partial charge in [0.15, 0.2) is 12.4 Å². The average Bonchev–Trinajstić information content (AvgIpc) is 2.34. The number of hydrogen-bond acceptors (Lipinski definition) is 4. The van der Waals surface area contributed by atoms with E-state index in [9.17, 15) is 14.4 Å². The van der Waals surface area contributed by atoms with Gasteiger partial charge < -0.3 is 10.1 Å². The lowest BCUT2D eigenvalue weighted by molar-refractivity contribution is -0.122. The number of amides is 3. The molecule has 0 unspecified atom stereocenters. The third-order valence-corrected chi connectivity index (χ3v) is 2.37. The summed E-state index contributed by atoms with van der Waals surface area (Å²) in [5.41, 5.74) is -0.0450. The van der Waals surface area contributed by atoms with E-state index in [1.54, 1.807) is 45.0 Å². The number of Topliss-reactive ketones (excluding diaryl/α,β-unsaturated/α-hetero) is 1. The van der Waals surface area contributed by atoms with E-state index in [1.165, 1.54) is 6.92 Å². The second kappa shape index (κ2) is 6.88. The zero-order valence-corrected chi connectivity index (χ0v) is 12.6. The Bertz CT molecular complexity index is 547. The van der Waals surface area contributed by atoms with E-state index in [0.717, 1.165) is 0 Å². The van der Waals surface area contributed by atoms with Gasteiger partial charge in [-0.3, -0.25) is 14.9 Å². The highest BCUT2D eigenvalue weighted by Crippen LogP contribution is 2.18. The average molecular weight is 292 g/mol. The summed E-state index contributed by atoms with van der Waals surface area (Å²) in [6, 6.07) is 6.03. The number of para-hydroxylation sites is 1. The van der Waals surface area contributed by atoms with Crippen LogP contribution in [0.25, 0.3) is 0 Å². The molecule has 0 aliphatic carbocycles. The van der Waals surface area contributed by atoms with Crippen molar-refractivity contribution in [2.24, 2.45) is 0 Å². The summed E-state index contributed by atoms with van der Waals surface area (Å²) in [7, 11) is 0. The summed E-state index contributed by atoms with van der Waals surface area (Å²) in [4.78, 5) is 34.5. The van der Waals surface area contributed by atoms with E-state index in [1.807, 2.05) is 0 Å². The van der Waals surface area contributed by atoms with E-state index in [0.29, 0.717) is 11.3 Å². The van der Waals surface area contributed by atoms with Gasteiger partial charge in [0.2, 0.25) is 0 Å². The first-order chi connectivity index (χ1) is 9.69. The molecule has 0 aromatic heterocycles. The van der Waals surface area contributed by atoms with Crippen molar-refractivity contribution in [3.05, 3.63) is 29.8 Å². The lowest BCUT2D eigenvalue weighted by atomic mass is 10.1. The molecule has 0 spiro atoms. The Labute approximate surface area is 123 Å². The van der Waals surface area contributed by atoms with Crippen LogP contribution in [0.15, 0.2) is 24.3 Å². The van der Waals surface area contributed by atoms with Crippen molar-refractivity contribution in [3.63, 3.8) is 0 Å². The fraction of sp³-hybridized carbons (Fsp3) is 0.400. The van der Waals surface area contributed by atoms with Gasteiger partial charge in [-0.15, -0.1) is 0 Å². The number of nitrogens with one attached hydrogen (secondary N) is 2. The molecular weight excluding hydrogens is 272 g/mol. The quantitative estimate of drug-likeness (QED) is 0.830. The van der Waals surface area contributed by atoms with E-state index in [-0.39, 0.29) is 12.4 Å². The topological polar surface area (TPSA) is 84.5 Å². The predicted molar refractivity (Wildman–Crippen MR) is 78.4 cm³/mol. The fourth-order valence-electron chi connectivity index (χ4n) is 1.56. The van der Waals surface area contributed by atoms with Gasteiger partial charge in [-0.05, 0) is 39.8 Å². The summed E-state index contributed by atoms with van der Waals surface area (Å²) in [5, 5.41) is 4.75. The van der Waals surface area contributed by atoms with Crippen molar-refractivity contribution in [1.82, 2.24) is 10.6 Å². The fourth-order valence-corrected chi connectivity index (χ4v) is 1.56. The molecule has 0 radical (unpaired) electrons. The van der Waals surface area contributed by atoms with Crippen LogP contribution in [-0.4, -0.2) is 29.9 Å². The van der Waals surface area contributed by atoms with Crippen molar-refractivity contribution in [3.8, 4) is 5.75 Å². The second-order valence-corrected chi connectivity index (χ2v) is 5.59. The Balaban J connectivity index is 2.54. The number of urea groups is 1. The summed E-state index contributed by atoms with van der Waals surface area (Å²) in [6.45, 7) is 6.48. The molecule has 0 aliphatic rings. The smallest absolute Gasteiger partial charge is 0.321 e. The zero-order chi connectivity index (χ0) is 16.0. The van der Waals surface area contributed by atoms with Crippen LogP contribution in [0, 0.1) is 0 Å². The first-order valence-electron chi connectivity index (χ1n) is 6.54. The molecule has 21 heavy (non-hydrogen) atoms. The summed E-state index contributed by atoms with van der Waals surface area (Å²) in [5.74, 6) is -0.428. The van der Waals surface area contributed by atoms with Crippen LogP contribution in [0.2, 0.25) is 0 Å². The molecule has 6 nitrogen and oxygen atoms in total. The predicted octanol–water partition coefficient (Wildman–Crippen LogP) is 1.89. The highest BCUT2D eigenvalue weighted by molar-refractivity contribution is 5.97. The van der Waals surface area contributed by atoms with E-state index in [4.69, 9.17) is 4.74 Å². The van der Waals surface area contributed by atoms with Crippen molar-refractivity contribution in [2.45, 2.75) is 33.2 Å². The minimum absolute atomic E-state index is 0.156. The Kier molecular flexibility index (Phi) is 5.46. The van der Waals surface area contributed by atoms with Gasteiger partial charge in [-0.2, -0.15) is 0 Å². The molecular formula is C15H20N2O4. The molecule has 0 aliphatic heterocycles. The van der Waals surface area contributed by atoms with E-state index >= 15 is 0 Å². The van der Waals surface area contributed by atoms with Crippen molar-refractivity contribution in [1.29, 1.82) is 0 Å². The van der Waals surface area contributed by atoms with Gasteiger partial charge >= 0.3 is 6.03 Å². The van der Waals surface area contributed by atoms with Crippen LogP contribution in [0.4, 0.5) is 4.79 Å². The van der Waals surface area contributed by atoms with Gasteiger partial charge in [-0.1, -0.05) is 12.1 Å². The highest BCUT2D eigenvalue weighted by atomic mass is 16.5. The monoisotopic (exact) mass is 292 g/mol. The number of rotatable bonds is 4. The van der Waals surface area contributed by atoms with Crippen LogP contribution in [0.5, 0.6) is 5.75 Å². The number of ether oxygens (including phenoxy) is 1. The number of hydrogen-bond donors (Lipinski definition) is 2. The van der Waals surface area contributed by atoms with Crippen LogP contribution >= 0.6 is 0 Å². The maximum Gasteiger partial charge on any atom is 0.321 e. The minimum Gasteiger partial charge on any atom is -0.483 e. The maximum atomic E-state index is 11.6.